The van der Waals surface area contributed by atoms with Gasteiger partial charge in [-0.15, -0.1) is 0 Å². The number of carbonyl (C=O) groups is 1. The molecule has 2 N–H and O–H groups in total. The van der Waals surface area contributed by atoms with Crippen LogP contribution in [0.25, 0.3) is 0 Å². The van der Waals surface area contributed by atoms with E-state index in [0.29, 0.717) is 0 Å². The van der Waals surface area contributed by atoms with E-state index >= 15 is 0 Å². The minimum absolute atomic E-state index is 0.0533. The Morgan fingerprint density at radius 3 is 2.45 bits per heavy atom. The molecule has 2 aromatic rings. The third-order valence-corrected chi connectivity index (χ3v) is 3.59. The number of hydrogen-bond acceptors (Lipinski definition) is 2. The molecule has 0 fully saturated rings. The van der Waals surface area contributed by atoms with Crippen molar-refractivity contribution in [2.45, 2.75) is 12.3 Å². The van der Waals surface area contributed by atoms with Crippen LogP contribution in [0.4, 0.5) is 4.39 Å². The molecule has 0 bridgehead atoms. The fraction of sp³-hybridized carbons (Fsp3) is 0.188. The molecule has 4 heteroatoms. The minimum Gasteiger partial charge on any atom is -0.329 e. The number of carbonyl (C=O) groups excluding carboxylic acids is 1. The number of Topliss-reactive ketones (excluding diaryl/α,β-unsaturated/α-hetero) is 1. The maximum atomic E-state index is 13.7. The summed E-state index contributed by atoms with van der Waals surface area (Å²) >= 11 is 5.94. The number of ketones is 1. The van der Waals surface area contributed by atoms with E-state index in [1.54, 1.807) is 6.07 Å². The molecule has 2 nitrogen and oxygen atoms in total. The third kappa shape index (κ3) is 3.24. The van der Waals surface area contributed by atoms with Crippen LogP contribution in [0, 0.1) is 5.82 Å². The van der Waals surface area contributed by atoms with Gasteiger partial charge in [0.25, 0.3) is 0 Å². The summed E-state index contributed by atoms with van der Waals surface area (Å²) in [4.78, 5) is 12.3. The number of benzene rings is 2. The Hall–Kier alpha value is -1.71. The Morgan fingerprint density at radius 1 is 1.15 bits per heavy atom. The number of halogens is 2. The van der Waals surface area contributed by atoms with Gasteiger partial charge >= 0.3 is 0 Å². The lowest BCUT2D eigenvalue weighted by molar-refractivity contribution is -0.119. The van der Waals surface area contributed by atoms with E-state index in [4.69, 9.17) is 17.3 Å². The zero-order valence-electron chi connectivity index (χ0n) is 10.9. The Bertz CT molecular complexity index is 580. The van der Waals surface area contributed by atoms with Gasteiger partial charge in [0.1, 0.15) is 11.6 Å². The number of nitrogens with two attached hydrogens (primary N) is 1. The highest BCUT2D eigenvalue weighted by Gasteiger charge is 2.21. The molecule has 0 amide bonds. The van der Waals surface area contributed by atoms with E-state index in [-0.39, 0.29) is 29.3 Å². The van der Waals surface area contributed by atoms with Gasteiger partial charge in [0.15, 0.2) is 0 Å². The van der Waals surface area contributed by atoms with Gasteiger partial charge in [0.2, 0.25) is 0 Å². The predicted molar refractivity (Wildman–Crippen MR) is 78.4 cm³/mol. The van der Waals surface area contributed by atoms with E-state index in [0.717, 1.165) is 5.56 Å². The monoisotopic (exact) mass is 291 g/mol. The van der Waals surface area contributed by atoms with Gasteiger partial charge in [-0.25, -0.2) is 4.39 Å². The number of rotatable bonds is 5. The van der Waals surface area contributed by atoms with Crippen molar-refractivity contribution in [2.75, 3.05) is 6.54 Å². The van der Waals surface area contributed by atoms with Crippen molar-refractivity contribution in [1.82, 2.24) is 0 Å². The second kappa shape index (κ2) is 6.64. The van der Waals surface area contributed by atoms with E-state index in [9.17, 15) is 9.18 Å². The first-order chi connectivity index (χ1) is 9.63. The third-order valence-electron chi connectivity index (χ3n) is 3.24. The highest BCUT2D eigenvalue weighted by Crippen LogP contribution is 2.23. The van der Waals surface area contributed by atoms with Crippen LogP contribution in [0.1, 0.15) is 17.0 Å². The SMILES string of the molecule is NCC(C(=O)Cc1c(F)cccc1Cl)c1ccccc1. The molecule has 1 atom stereocenters. The summed E-state index contributed by atoms with van der Waals surface area (Å²) in [5, 5.41) is 0.266. The van der Waals surface area contributed by atoms with Gasteiger partial charge in [-0.05, 0) is 17.7 Å². The molecule has 0 aliphatic heterocycles. The molecule has 0 aliphatic rings. The molecule has 1 unspecified atom stereocenters. The maximum absolute atomic E-state index is 13.7. The summed E-state index contributed by atoms with van der Waals surface area (Å²) in [5.41, 5.74) is 6.76. The molecule has 2 aromatic carbocycles. The molecule has 0 heterocycles. The first kappa shape index (κ1) is 14.7. The lowest BCUT2D eigenvalue weighted by Crippen LogP contribution is -2.23. The van der Waals surface area contributed by atoms with Crippen LogP contribution in [0.2, 0.25) is 5.02 Å². The van der Waals surface area contributed by atoms with Gasteiger partial charge in [-0.1, -0.05) is 48.0 Å². The summed E-state index contributed by atoms with van der Waals surface area (Å²) in [5.74, 6) is -1.03. The van der Waals surface area contributed by atoms with Gasteiger partial charge < -0.3 is 5.73 Å². The topological polar surface area (TPSA) is 43.1 Å². The molecule has 20 heavy (non-hydrogen) atoms. The van der Waals surface area contributed by atoms with E-state index in [2.05, 4.69) is 0 Å². The maximum Gasteiger partial charge on any atom is 0.146 e. The highest BCUT2D eigenvalue weighted by atomic mass is 35.5. The van der Waals surface area contributed by atoms with Crippen LogP contribution < -0.4 is 5.73 Å². The first-order valence-corrected chi connectivity index (χ1v) is 6.72. The quantitative estimate of drug-likeness (QED) is 0.918. The Kier molecular flexibility index (Phi) is 4.88. The summed E-state index contributed by atoms with van der Waals surface area (Å²) < 4.78 is 13.7. The van der Waals surface area contributed by atoms with Gasteiger partial charge in [-0.2, -0.15) is 0 Å². The van der Waals surface area contributed by atoms with Crippen LogP contribution in [-0.2, 0) is 11.2 Å². The summed E-state index contributed by atoms with van der Waals surface area (Å²) in [6.07, 6.45) is -0.0533. The lowest BCUT2D eigenvalue weighted by Gasteiger charge is -2.15. The molecule has 0 saturated carbocycles. The van der Waals surface area contributed by atoms with E-state index < -0.39 is 11.7 Å². The molecular formula is C16H15ClFNO. The number of hydrogen-bond donors (Lipinski definition) is 1. The highest BCUT2D eigenvalue weighted by molar-refractivity contribution is 6.31. The van der Waals surface area contributed by atoms with Crippen LogP contribution in [0.3, 0.4) is 0 Å². The van der Waals surface area contributed by atoms with E-state index in [1.807, 2.05) is 30.3 Å². The molecule has 104 valence electrons. The predicted octanol–water partition coefficient (Wildman–Crippen LogP) is 3.33. The molecule has 0 spiro atoms. The second-order valence-corrected chi connectivity index (χ2v) is 4.95. The van der Waals surface area contributed by atoms with Crippen LogP contribution >= 0.6 is 11.6 Å². The summed E-state index contributed by atoms with van der Waals surface area (Å²) in [6.45, 7) is 0.189. The Balaban J connectivity index is 2.23. The van der Waals surface area contributed by atoms with Crippen LogP contribution in [-0.4, -0.2) is 12.3 Å². The van der Waals surface area contributed by atoms with Crippen LogP contribution in [0.15, 0.2) is 48.5 Å². The Labute approximate surface area is 122 Å². The zero-order valence-corrected chi connectivity index (χ0v) is 11.6. The molecule has 0 aliphatic carbocycles. The fourth-order valence-corrected chi connectivity index (χ4v) is 2.37. The lowest BCUT2D eigenvalue weighted by atomic mass is 9.91. The molecule has 2 rings (SSSR count). The largest absolute Gasteiger partial charge is 0.329 e. The fourth-order valence-electron chi connectivity index (χ4n) is 2.14. The first-order valence-electron chi connectivity index (χ1n) is 6.34. The van der Waals surface area contributed by atoms with Crippen molar-refractivity contribution >= 4 is 17.4 Å². The van der Waals surface area contributed by atoms with Crippen LogP contribution in [0.5, 0.6) is 0 Å². The standard InChI is InChI=1S/C16H15ClFNO/c17-14-7-4-8-15(18)12(14)9-16(20)13(10-19)11-5-2-1-3-6-11/h1-8,13H,9-10,19H2. The summed E-state index contributed by atoms with van der Waals surface area (Å²) in [6, 6.07) is 13.7. The average Bonchev–Trinajstić information content (AvgIpc) is 2.45. The van der Waals surface area contributed by atoms with Gasteiger partial charge in [0.05, 0.1) is 5.92 Å². The average molecular weight is 292 g/mol. The van der Waals surface area contributed by atoms with Crippen molar-refractivity contribution in [3.8, 4) is 0 Å². The molecule has 0 saturated heterocycles. The van der Waals surface area contributed by atoms with E-state index in [1.165, 1.54) is 12.1 Å². The second-order valence-electron chi connectivity index (χ2n) is 4.54. The van der Waals surface area contributed by atoms with Crippen molar-refractivity contribution in [3.63, 3.8) is 0 Å². The van der Waals surface area contributed by atoms with Crippen molar-refractivity contribution in [2.24, 2.45) is 5.73 Å². The van der Waals surface area contributed by atoms with Gasteiger partial charge in [0, 0.05) is 23.6 Å². The normalized spacial score (nSPS) is 12.2. The Morgan fingerprint density at radius 2 is 1.85 bits per heavy atom. The molecular weight excluding hydrogens is 277 g/mol. The van der Waals surface area contributed by atoms with Gasteiger partial charge in [-0.3, -0.25) is 4.79 Å². The smallest absolute Gasteiger partial charge is 0.146 e. The van der Waals surface area contributed by atoms with Crippen molar-refractivity contribution < 1.29 is 9.18 Å². The molecule has 0 aromatic heterocycles. The van der Waals surface area contributed by atoms with Crippen molar-refractivity contribution in [1.29, 1.82) is 0 Å². The summed E-state index contributed by atoms with van der Waals surface area (Å²) in [7, 11) is 0. The minimum atomic E-state index is -0.463. The molecule has 0 radical (unpaired) electrons. The van der Waals surface area contributed by atoms with Crippen molar-refractivity contribution in [3.05, 3.63) is 70.5 Å². The zero-order chi connectivity index (χ0) is 14.5.